The van der Waals surface area contributed by atoms with Gasteiger partial charge in [-0.1, -0.05) is 35.9 Å². The van der Waals surface area contributed by atoms with E-state index in [4.69, 9.17) is 11.6 Å². The van der Waals surface area contributed by atoms with Crippen LogP contribution in [0.25, 0.3) is 0 Å². The van der Waals surface area contributed by atoms with Crippen LogP contribution in [0, 0.1) is 38.5 Å². The van der Waals surface area contributed by atoms with Crippen molar-refractivity contribution in [1.82, 2.24) is 14.7 Å². The second-order valence-electron chi connectivity index (χ2n) is 12.1. The number of carbonyl (C=O) groups excluding carboxylic acids is 2. The van der Waals surface area contributed by atoms with Crippen LogP contribution in [0.2, 0.25) is 5.02 Å². The van der Waals surface area contributed by atoms with Gasteiger partial charge in [-0.3, -0.25) is 9.59 Å². The van der Waals surface area contributed by atoms with Crippen molar-refractivity contribution in [3.05, 3.63) is 63.7 Å². The maximum absolute atomic E-state index is 13.7. The van der Waals surface area contributed by atoms with Crippen molar-refractivity contribution in [3.8, 4) is 0 Å². The summed E-state index contributed by atoms with van der Waals surface area (Å²) in [6.45, 7) is 11.7. The Kier molecular flexibility index (Phi) is 8.90. The Labute approximate surface area is 247 Å². The van der Waals surface area contributed by atoms with Gasteiger partial charge in [-0.25, -0.2) is 4.79 Å². The van der Waals surface area contributed by atoms with E-state index in [-0.39, 0.29) is 17.7 Å². The molecule has 0 saturated carbocycles. The first-order valence-electron chi connectivity index (χ1n) is 14.8. The molecule has 3 amide bonds. The molecule has 9 heteroatoms. The Hall–Kier alpha value is -3.10. The zero-order valence-corrected chi connectivity index (χ0v) is 25.1. The van der Waals surface area contributed by atoms with E-state index in [9.17, 15) is 19.5 Å². The van der Waals surface area contributed by atoms with Crippen LogP contribution in [-0.2, 0) is 4.79 Å². The van der Waals surface area contributed by atoms with E-state index < -0.39 is 6.09 Å². The highest BCUT2D eigenvalue weighted by Gasteiger charge is 2.42. The van der Waals surface area contributed by atoms with Crippen LogP contribution in [0.3, 0.4) is 0 Å². The molecule has 2 unspecified atom stereocenters. The van der Waals surface area contributed by atoms with E-state index in [2.05, 4.69) is 4.90 Å². The molecule has 3 aliphatic rings. The molecule has 0 bridgehead atoms. The van der Waals surface area contributed by atoms with E-state index >= 15 is 0 Å². The largest absolute Gasteiger partial charge is 0.465 e. The summed E-state index contributed by atoms with van der Waals surface area (Å²) < 4.78 is 0. The number of carbonyl (C=O) groups is 3. The molecule has 220 valence electrons. The molecule has 8 nitrogen and oxygen atoms in total. The van der Waals surface area contributed by atoms with Crippen molar-refractivity contribution in [2.24, 2.45) is 17.8 Å². The summed E-state index contributed by atoms with van der Waals surface area (Å²) in [6.07, 6.45) is 0.976. The topological polar surface area (TPSA) is 84.4 Å². The highest BCUT2D eigenvalue weighted by molar-refractivity contribution is 6.31. The summed E-state index contributed by atoms with van der Waals surface area (Å²) in [5.74, 6) is 0.973. The fraction of sp³-hybridized carbons (Fsp3) is 0.531. The highest BCUT2D eigenvalue weighted by Crippen LogP contribution is 2.33. The Morgan fingerprint density at radius 1 is 0.902 bits per heavy atom. The van der Waals surface area contributed by atoms with Gasteiger partial charge < -0.3 is 24.7 Å². The van der Waals surface area contributed by atoms with Crippen molar-refractivity contribution in [2.45, 2.75) is 40.0 Å². The smallest absolute Gasteiger partial charge is 0.407 e. The predicted molar refractivity (Wildman–Crippen MR) is 161 cm³/mol. The number of carboxylic acid groups (broad SMARTS) is 1. The quantitative estimate of drug-likeness (QED) is 0.494. The van der Waals surface area contributed by atoms with Gasteiger partial charge in [-0.15, -0.1) is 0 Å². The molecule has 0 spiro atoms. The summed E-state index contributed by atoms with van der Waals surface area (Å²) >= 11 is 6.44. The lowest BCUT2D eigenvalue weighted by Crippen LogP contribution is -2.45. The number of hydrogen-bond acceptors (Lipinski definition) is 4. The van der Waals surface area contributed by atoms with Crippen LogP contribution in [0.5, 0.6) is 0 Å². The van der Waals surface area contributed by atoms with Crippen LogP contribution in [0.1, 0.15) is 46.3 Å². The molecule has 3 aliphatic heterocycles. The van der Waals surface area contributed by atoms with Crippen LogP contribution >= 0.6 is 11.6 Å². The average molecular weight is 581 g/mol. The van der Waals surface area contributed by atoms with E-state index in [0.717, 1.165) is 67.1 Å². The first kappa shape index (κ1) is 29.4. The minimum atomic E-state index is -0.925. The monoisotopic (exact) mass is 580 g/mol. The summed E-state index contributed by atoms with van der Waals surface area (Å²) in [7, 11) is 0. The Bertz CT molecular complexity index is 1270. The van der Waals surface area contributed by atoms with Crippen LogP contribution < -0.4 is 4.90 Å². The Morgan fingerprint density at radius 3 is 2.12 bits per heavy atom. The molecule has 3 saturated heterocycles. The van der Waals surface area contributed by atoms with Gasteiger partial charge in [0.1, 0.15) is 0 Å². The fourth-order valence-electron chi connectivity index (χ4n) is 6.86. The van der Waals surface area contributed by atoms with E-state index in [1.54, 1.807) is 0 Å². The van der Waals surface area contributed by atoms with Gasteiger partial charge in [0.05, 0.1) is 0 Å². The van der Waals surface area contributed by atoms with Crippen molar-refractivity contribution >= 4 is 35.2 Å². The number of hydrogen-bond donors (Lipinski definition) is 1. The molecule has 2 atom stereocenters. The summed E-state index contributed by atoms with van der Waals surface area (Å²) in [5.41, 5.74) is 4.68. The van der Waals surface area contributed by atoms with Gasteiger partial charge in [0.2, 0.25) is 5.91 Å². The Balaban J connectivity index is 1.17. The van der Waals surface area contributed by atoms with Gasteiger partial charge in [0, 0.05) is 68.0 Å². The van der Waals surface area contributed by atoms with E-state index in [1.807, 2.05) is 67.0 Å². The second-order valence-corrected chi connectivity index (χ2v) is 12.5. The van der Waals surface area contributed by atoms with Gasteiger partial charge in [-0.2, -0.15) is 0 Å². The first-order valence-corrected chi connectivity index (χ1v) is 15.1. The van der Waals surface area contributed by atoms with Crippen LogP contribution in [0.15, 0.2) is 36.4 Å². The number of amides is 3. The number of aryl methyl sites for hydroxylation is 3. The lowest BCUT2D eigenvalue weighted by Gasteiger charge is -2.33. The molecule has 0 aliphatic carbocycles. The molecule has 2 aromatic rings. The average Bonchev–Trinajstić information content (AvgIpc) is 3.51. The molecule has 41 heavy (non-hydrogen) atoms. The molecule has 5 rings (SSSR count). The van der Waals surface area contributed by atoms with Crippen molar-refractivity contribution in [3.63, 3.8) is 0 Å². The zero-order valence-electron chi connectivity index (χ0n) is 24.3. The van der Waals surface area contributed by atoms with E-state index in [0.29, 0.717) is 49.3 Å². The molecule has 0 aromatic heterocycles. The number of anilines is 1. The molecule has 3 heterocycles. The van der Waals surface area contributed by atoms with Gasteiger partial charge in [0.25, 0.3) is 5.91 Å². The number of rotatable bonds is 7. The molecular formula is C32H41ClN4O4. The fourth-order valence-corrected chi connectivity index (χ4v) is 7.03. The minimum Gasteiger partial charge on any atom is -0.465 e. The van der Waals surface area contributed by atoms with Gasteiger partial charge in [0.15, 0.2) is 0 Å². The summed E-state index contributed by atoms with van der Waals surface area (Å²) in [5, 5.41) is 9.93. The molecule has 0 radical (unpaired) electrons. The minimum absolute atomic E-state index is 0.0499. The molecular weight excluding hydrogens is 540 g/mol. The third-order valence-corrected chi connectivity index (χ3v) is 9.66. The van der Waals surface area contributed by atoms with Crippen molar-refractivity contribution < 1.29 is 19.5 Å². The third kappa shape index (κ3) is 6.38. The number of piperidine rings is 1. The zero-order chi connectivity index (χ0) is 29.3. The van der Waals surface area contributed by atoms with Gasteiger partial charge >= 0.3 is 6.09 Å². The van der Waals surface area contributed by atoms with Crippen LogP contribution in [-0.4, -0.2) is 90.1 Å². The number of likely N-dealkylation sites (tertiary alicyclic amines) is 3. The molecule has 2 aromatic carbocycles. The number of halogens is 1. The van der Waals surface area contributed by atoms with Crippen molar-refractivity contribution in [1.29, 1.82) is 0 Å². The highest BCUT2D eigenvalue weighted by atomic mass is 35.5. The van der Waals surface area contributed by atoms with Gasteiger partial charge in [-0.05, 0) is 87.2 Å². The first-order chi connectivity index (χ1) is 19.6. The SMILES string of the molecule is Cc1ccc(N(CCCN2CC3CN(C(=O)c4c(C)cccc4C)CC3C2)C(=O)C2CCN(C(=O)O)CC2)cc1Cl. The number of fused-ring (bicyclic) bond motifs is 1. The number of benzene rings is 2. The standard InChI is InChI=1S/C32H41ClN4O4/c1-21-8-9-27(16-28(21)33)37(30(38)24-10-14-35(15-11-24)32(40)41)13-5-12-34-17-25-19-36(20-26(25)18-34)31(39)29-22(2)6-4-7-23(29)3/h4,6-9,16,24-26H,5,10-15,17-20H2,1-3H3,(H,40,41). The van der Waals surface area contributed by atoms with E-state index in [1.165, 1.54) is 4.90 Å². The third-order valence-electron chi connectivity index (χ3n) is 9.25. The Morgan fingerprint density at radius 2 is 1.54 bits per heavy atom. The van der Waals surface area contributed by atoms with Crippen LogP contribution in [0.4, 0.5) is 10.5 Å². The normalized spacial score (nSPS) is 21.3. The lowest BCUT2D eigenvalue weighted by molar-refractivity contribution is -0.123. The molecule has 3 fully saturated rings. The molecule has 1 N–H and O–H groups in total. The van der Waals surface area contributed by atoms with Crippen molar-refractivity contribution in [2.75, 3.05) is 57.3 Å². The maximum Gasteiger partial charge on any atom is 0.407 e. The second kappa shape index (κ2) is 12.4. The predicted octanol–water partition coefficient (Wildman–Crippen LogP) is 5.08. The summed E-state index contributed by atoms with van der Waals surface area (Å²) in [6, 6.07) is 11.8. The maximum atomic E-state index is 13.7. The summed E-state index contributed by atoms with van der Waals surface area (Å²) in [4.78, 5) is 46.1. The number of nitrogens with zero attached hydrogens (tertiary/aromatic N) is 4. The lowest BCUT2D eigenvalue weighted by atomic mass is 9.95.